The Kier molecular flexibility index (Phi) is 5.99. The number of aliphatic hydroxyl groups excluding tert-OH is 2. The Bertz CT molecular complexity index is 1200. The van der Waals surface area contributed by atoms with Gasteiger partial charge in [-0.25, -0.2) is 4.79 Å². The van der Waals surface area contributed by atoms with Gasteiger partial charge in [0.05, 0.1) is 6.10 Å². The smallest absolute Gasteiger partial charge is 0.330 e. The number of carbonyl (C=O) groups excluding carboxylic acids is 1. The second-order valence-electron chi connectivity index (χ2n) is 7.52. The van der Waals surface area contributed by atoms with E-state index in [2.05, 4.69) is 10.3 Å². The first-order valence-corrected chi connectivity index (χ1v) is 10.0. The molecule has 4 atom stereocenters. The summed E-state index contributed by atoms with van der Waals surface area (Å²) in [7, 11) is 0. The first kappa shape index (κ1) is 21.0. The summed E-state index contributed by atoms with van der Waals surface area (Å²) in [5, 5.41) is 25.6. The molecule has 2 heterocycles. The Morgan fingerprint density at radius 1 is 1.06 bits per heavy atom. The highest BCUT2D eigenvalue weighted by molar-refractivity contribution is 5.86. The van der Waals surface area contributed by atoms with Crippen LogP contribution in [0.2, 0.25) is 0 Å². The molecule has 2 aromatic carbocycles. The molecule has 31 heavy (non-hydrogen) atoms. The number of nitrogens with zero attached hydrogens (tertiary/aromatic N) is 1. The number of aliphatic hydroxyl groups is 2. The van der Waals surface area contributed by atoms with Crippen molar-refractivity contribution in [2.75, 3.05) is 0 Å². The van der Waals surface area contributed by atoms with Crippen LogP contribution in [0.5, 0.6) is 0 Å². The molecule has 0 saturated carbocycles. The van der Waals surface area contributed by atoms with Crippen molar-refractivity contribution in [3.63, 3.8) is 0 Å². The van der Waals surface area contributed by atoms with E-state index < -0.39 is 35.8 Å². The van der Waals surface area contributed by atoms with Crippen LogP contribution >= 0.6 is 0 Å². The van der Waals surface area contributed by atoms with Crippen molar-refractivity contribution >= 4 is 16.7 Å². The van der Waals surface area contributed by atoms with Gasteiger partial charge < -0.3 is 20.3 Å². The monoisotopic (exact) mass is 425 g/mol. The van der Waals surface area contributed by atoms with E-state index in [1.54, 1.807) is 0 Å². The van der Waals surface area contributed by atoms with Crippen molar-refractivity contribution in [2.45, 2.75) is 43.9 Å². The van der Waals surface area contributed by atoms with E-state index in [0.717, 1.165) is 27.0 Å². The normalized spacial score (nSPS) is 23.2. The molecule has 1 aliphatic heterocycles. The molecular formula is C22H23N3O6. The largest absolute Gasteiger partial charge is 0.388 e. The van der Waals surface area contributed by atoms with Gasteiger partial charge in [-0.1, -0.05) is 42.5 Å². The van der Waals surface area contributed by atoms with Gasteiger partial charge >= 0.3 is 5.69 Å². The Morgan fingerprint density at radius 2 is 1.84 bits per heavy atom. The van der Waals surface area contributed by atoms with Crippen molar-refractivity contribution in [3.8, 4) is 0 Å². The summed E-state index contributed by atoms with van der Waals surface area (Å²) in [5.74, 6) is -0.220. The number of nitrogens with one attached hydrogen (secondary N) is 2. The first-order chi connectivity index (χ1) is 14.9. The summed E-state index contributed by atoms with van der Waals surface area (Å²) in [4.78, 5) is 37.6. The fraction of sp³-hybridized carbons (Fsp3) is 0.318. The second kappa shape index (κ2) is 8.84. The van der Waals surface area contributed by atoms with Gasteiger partial charge in [0.25, 0.3) is 5.56 Å². The number of carbonyl (C=O) groups is 1. The number of amides is 1. The molecule has 9 heteroatoms. The van der Waals surface area contributed by atoms with E-state index >= 15 is 0 Å². The molecule has 4 N–H and O–H groups in total. The molecule has 4 rings (SSSR count). The summed E-state index contributed by atoms with van der Waals surface area (Å²) in [5.41, 5.74) is -0.331. The van der Waals surface area contributed by atoms with Crippen molar-refractivity contribution in [2.24, 2.45) is 0 Å². The minimum absolute atomic E-state index is 0.0758. The molecule has 0 bridgehead atoms. The molecule has 1 saturated heterocycles. The summed E-state index contributed by atoms with van der Waals surface area (Å²) in [6, 6.07) is 14.9. The Morgan fingerprint density at radius 3 is 2.65 bits per heavy atom. The summed E-state index contributed by atoms with van der Waals surface area (Å²) in [6.07, 6.45) is -3.19. The highest BCUT2D eigenvalue weighted by atomic mass is 16.6. The van der Waals surface area contributed by atoms with Crippen LogP contribution in [-0.4, -0.2) is 44.0 Å². The summed E-state index contributed by atoms with van der Waals surface area (Å²) in [6.45, 7) is 0.367. The number of H-pyrrole nitrogens is 1. The molecule has 0 radical (unpaired) electrons. The van der Waals surface area contributed by atoms with Gasteiger partial charge in [-0.2, -0.15) is 0 Å². The average Bonchev–Trinajstić information content (AvgIpc) is 3.04. The van der Waals surface area contributed by atoms with Crippen LogP contribution in [0.15, 0.2) is 64.3 Å². The molecule has 9 nitrogen and oxygen atoms in total. The maximum absolute atomic E-state index is 12.3. The third-order valence-electron chi connectivity index (χ3n) is 5.47. The number of hydrogen-bond acceptors (Lipinski definition) is 6. The van der Waals surface area contributed by atoms with Crippen molar-refractivity contribution in [1.29, 1.82) is 0 Å². The number of benzene rings is 2. The SMILES string of the molecule is O=C(CC[C@H]1O[C@@H](n2ccc(=O)[nH]c2=O)[C@H](O)[C@@H]1O)NCc1cccc2ccccc12. The van der Waals surface area contributed by atoms with E-state index in [1.165, 1.54) is 6.20 Å². The Labute approximate surface area is 176 Å². The van der Waals surface area contributed by atoms with Gasteiger partial charge in [0.2, 0.25) is 5.91 Å². The van der Waals surface area contributed by atoms with E-state index in [0.29, 0.717) is 6.54 Å². The molecule has 1 aliphatic rings. The summed E-state index contributed by atoms with van der Waals surface area (Å²) < 4.78 is 6.63. The quantitative estimate of drug-likeness (QED) is 0.452. The van der Waals surface area contributed by atoms with Gasteiger partial charge in [0, 0.05) is 25.2 Å². The minimum atomic E-state index is -1.37. The lowest BCUT2D eigenvalue weighted by molar-refractivity contribution is -0.122. The number of ether oxygens (including phenoxy) is 1. The van der Waals surface area contributed by atoms with Crippen LogP contribution in [0.4, 0.5) is 0 Å². The Hall–Kier alpha value is -3.27. The number of fused-ring (bicyclic) bond motifs is 1. The van der Waals surface area contributed by atoms with Crippen molar-refractivity contribution in [3.05, 3.63) is 81.1 Å². The average molecular weight is 425 g/mol. The fourth-order valence-electron chi connectivity index (χ4n) is 3.83. The van der Waals surface area contributed by atoms with Crippen LogP contribution in [0.25, 0.3) is 10.8 Å². The number of aromatic nitrogens is 2. The molecule has 0 unspecified atom stereocenters. The molecule has 162 valence electrons. The predicted molar refractivity (Wildman–Crippen MR) is 112 cm³/mol. The number of aromatic amines is 1. The van der Waals surface area contributed by atoms with Gasteiger partial charge in [0.15, 0.2) is 6.23 Å². The molecule has 0 aliphatic carbocycles. The lowest BCUT2D eigenvalue weighted by Gasteiger charge is -2.16. The standard InChI is InChI=1S/C22H23N3O6/c26-17(23-12-14-6-3-5-13-4-1-2-7-15(13)14)9-8-16-19(28)20(29)21(31-16)25-11-10-18(27)24-22(25)30/h1-7,10-11,16,19-21,28-29H,8-9,12H2,(H,23,26)(H,24,27,30)/t16-,19-,20-,21-/m1/s1. The Balaban J connectivity index is 1.35. The van der Waals surface area contributed by atoms with Crippen LogP contribution in [0.1, 0.15) is 24.6 Å². The molecule has 1 amide bonds. The highest BCUT2D eigenvalue weighted by Gasteiger charge is 2.43. The third kappa shape index (κ3) is 4.43. The lowest BCUT2D eigenvalue weighted by atomic mass is 10.0. The third-order valence-corrected chi connectivity index (χ3v) is 5.47. The molecule has 3 aromatic rings. The van der Waals surface area contributed by atoms with Gasteiger partial charge in [-0.3, -0.25) is 19.1 Å². The van der Waals surface area contributed by atoms with Crippen molar-refractivity contribution < 1.29 is 19.7 Å². The molecule has 0 spiro atoms. The second-order valence-corrected chi connectivity index (χ2v) is 7.52. The number of rotatable bonds is 6. The topological polar surface area (TPSA) is 134 Å². The predicted octanol–water partition coefficient (Wildman–Crippen LogP) is 0.406. The summed E-state index contributed by atoms with van der Waals surface area (Å²) >= 11 is 0. The van der Waals surface area contributed by atoms with Crippen LogP contribution in [0, 0.1) is 0 Å². The van der Waals surface area contributed by atoms with Crippen LogP contribution < -0.4 is 16.6 Å². The van der Waals surface area contributed by atoms with Gasteiger partial charge in [-0.05, 0) is 22.8 Å². The van der Waals surface area contributed by atoms with E-state index in [4.69, 9.17) is 4.74 Å². The zero-order valence-electron chi connectivity index (χ0n) is 16.6. The number of hydrogen-bond donors (Lipinski definition) is 4. The zero-order valence-corrected chi connectivity index (χ0v) is 16.6. The lowest BCUT2D eigenvalue weighted by Crippen LogP contribution is -2.37. The molecular weight excluding hydrogens is 402 g/mol. The zero-order chi connectivity index (χ0) is 22.0. The fourth-order valence-corrected chi connectivity index (χ4v) is 3.83. The van der Waals surface area contributed by atoms with Crippen LogP contribution in [0.3, 0.4) is 0 Å². The van der Waals surface area contributed by atoms with Gasteiger partial charge in [0.1, 0.15) is 12.2 Å². The van der Waals surface area contributed by atoms with Crippen LogP contribution in [-0.2, 0) is 16.1 Å². The van der Waals surface area contributed by atoms with Gasteiger partial charge in [-0.15, -0.1) is 0 Å². The van der Waals surface area contributed by atoms with E-state index in [9.17, 15) is 24.6 Å². The first-order valence-electron chi connectivity index (χ1n) is 10.0. The van der Waals surface area contributed by atoms with E-state index in [1.807, 2.05) is 42.5 Å². The van der Waals surface area contributed by atoms with Crippen molar-refractivity contribution in [1.82, 2.24) is 14.9 Å². The van der Waals surface area contributed by atoms with E-state index in [-0.39, 0.29) is 18.7 Å². The highest BCUT2D eigenvalue weighted by Crippen LogP contribution is 2.30. The maximum atomic E-state index is 12.3. The molecule has 1 fully saturated rings. The molecule has 1 aromatic heterocycles. The maximum Gasteiger partial charge on any atom is 0.330 e. The minimum Gasteiger partial charge on any atom is -0.388 e.